The van der Waals surface area contributed by atoms with E-state index in [-0.39, 0.29) is 0 Å². The number of allylic oxidation sites excluding steroid dienone is 6. The number of hydrogen-bond donors (Lipinski definition) is 0. The van der Waals surface area contributed by atoms with E-state index in [1.165, 1.54) is 5.56 Å². The Bertz CT molecular complexity index is 328. The van der Waals surface area contributed by atoms with E-state index in [1.807, 2.05) is 25.2 Å². The van der Waals surface area contributed by atoms with Gasteiger partial charge in [0.25, 0.3) is 0 Å². The molecule has 0 heteroatoms. The average molecular weight is 198 g/mol. The van der Waals surface area contributed by atoms with Gasteiger partial charge in [0.2, 0.25) is 0 Å². The molecule has 15 heavy (non-hydrogen) atoms. The average Bonchev–Trinajstić information content (AvgIpc) is 2.29. The predicted molar refractivity (Wildman–Crippen MR) is 67.9 cm³/mol. The Morgan fingerprint density at radius 2 is 1.67 bits per heavy atom. The van der Waals surface area contributed by atoms with Gasteiger partial charge < -0.3 is 0 Å². The largest absolute Gasteiger partial charge is 0.0877 e. The van der Waals surface area contributed by atoms with Gasteiger partial charge in [-0.3, -0.25) is 0 Å². The Morgan fingerprint density at radius 1 is 0.933 bits per heavy atom. The van der Waals surface area contributed by atoms with Crippen molar-refractivity contribution >= 4 is 0 Å². The Hall–Kier alpha value is -1.56. The second-order valence-corrected chi connectivity index (χ2v) is 3.36. The molecule has 0 bridgehead atoms. The lowest BCUT2D eigenvalue weighted by Crippen LogP contribution is -1.80. The molecule has 0 aliphatic heterocycles. The summed E-state index contributed by atoms with van der Waals surface area (Å²) in [4.78, 5) is 0. The van der Waals surface area contributed by atoms with Gasteiger partial charge in [-0.1, -0.05) is 66.8 Å². The molecule has 0 aliphatic carbocycles. The fraction of sp³-hybridized carbons (Fsp3) is 0.200. The predicted octanol–water partition coefficient (Wildman–Crippen LogP) is 4.31. The minimum Gasteiger partial charge on any atom is -0.0877 e. The molecule has 1 rings (SSSR count). The second-order valence-electron chi connectivity index (χ2n) is 3.36. The van der Waals surface area contributed by atoms with Crippen molar-refractivity contribution in [1.82, 2.24) is 0 Å². The maximum absolute atomic E-state index is 2.20. The Balaban J connectivity index is 2.22. The normalized spacial score (nSPS) is 12.1. The van der Waals surface area contributed by atoms with Gasteiger partial charge in [-0.2, -0.15) is 0 Å². The van der Waals surface area contributed by atoms with Gasteiger partial charge in [0, 0.05) is 0 Å². The molecule has 0 fully saturated rings. The van der Waals surface area contributed by atoms with Crippen LogP contribution in [0.1, 0.15) is 18.9 Å². The van der Waals surface area contributed by atoms with Crippen molar-refractivity contribution in [2.75, 3.05) is 0 Å². The summed E-state index contributed by atoms with van der Waals surface area (Å²) in [6, 6.07) is 10.6. The third-order valence-corrected chi connectivity index (χ3v) is 2.10. The van der Waals surface area contributed by atoms with Crippen molar-refractivity contribution < 1.29 is 0 Å². The molecular weight excluding hydrogens is 180 g/mol. The lowest BCUT2D eigenvalue weighted by Gasteiger charge is -1.95. The number of aryl methyl sites for hydroxylation is 1. The maximum Gasteiger partial charge on any atom is -0.0244 e. The quantitative estimate of drug-likeness (QED) is 0.618. The smallest absolute Gasteiger partial charge is 0.0244 e. The van der Waals surface area contributed by atoms with Gasteiger partial charge in [0.15, 0.2) is 0 Å². The van der Waals surface area contributed by atoms with E-state index in [2.05, 4.69) is 48.6 Å². The van der Waals surface area contributed by atoms with Crippen molar-refractivity contribution in [3.05, 3.63) is 72.4 Å². The van der Waals surface area contributed by atoms with Crippen molar-refractivity contribution in [2.45, 2.75) is 19.8 Å². The van der Waals surface area contributed by atoms with Crippen LogP contribution in [0.5, 0.6) is 0 Å². The summed E-state index contributed by atoms with van der Waals surface area (Å²) in [5, 5.41) is 0. The zero-order chi connectivity index (χ0) is 10.8. The van der Waals surface area contributed by atoms with Gasteiger partial charge in [-0.15, -0.1) is 0 Å². The zero-order valence-corrected chi connectivity index (χ0v) is 9.27. The van der Waals surface area contributed by atoms with Gasteiger partial charge >= 0.3 is 0 Å². The van der Waals surface area contributed by atoms with Crippen LogP contribution in [0, 0.1) is 0 Å². The monoisotopic (exact) mass is 198 g/mol. The molecule has 0 unspecified atom stereocenters. The first-order valence-electron chi connectivity index (χ1n) is 5.42. The van der Waals surface area contributed by atoms with Crippen LogP contribution in [0.4, 0.5) is 0 Å². The molecule has 0 radical (unpaired) electrons. The third kappa shape index (κ3) is 5.69. The van der Waals surface area contributed by atoms with Crippen LogP contribution in [0.3, 0.4) is 0 Å². The zero-order valence-electron chi connectivity index (χ0n) is 9.27. The summed E-state index contributed by atoms with van der Waals surface area (Å²) < 4.78 is 0. The van der Waals surface area contributed by atoms with E-state index in [4.69, 9.17) is 0 Å². The van der Waals surface area contributed by atoms with E-state index in [0.29, 0.717) is 0 Å². The molecule has 0 atom stereocenters. The number of hydrogen-bond acceptors (Lipinski definition) is 0. The van der Waals surface area contributed by atoms with Crippen LogP contribution in [-0.2, 0) is 6.42 Å². The third-order valence-electron chi connectivity index (χ3n) is 2.10. The fourth-order valence-corrected chi connectivity index (χ4v) is 1.31. The first-order chi connectivity index (χ1) is 7.43. The first-order valence-corrected chi connectivity index (χ1v) is 5.42. The van der Waals surface area contributed by atoms with Gasteiger partial charge in [-0.05, 0) is 25.3 Å². The highest BCUT2D eigenvalue weighted by Crippen LogP contribution is 2.02. The molecule has 0 saturated carbocycles. The topological polar surface area (TPSA) is 0 Å². The van der Waals surface area contributed by atoms with Crippen LogP contribution >= 0.6 is 0 Å². The van der Waals surface area contributed by atoms with E-state index < -0.39 is 0 Å². The maximum atomic E-state index is 2.20. The lowest BCUT2D eigenvalue weighted by atomic mass is 10.1. The number of rotatable bonds is 5. The molecule has 78 valence electrons. The summed E-state index contributed by atoms with van der Waals surface area (Å²) in [5.74, 6) is 0. The van der Waals surface area contributed by atoms with Gasteiger partial charge in [0.05, 0.1) is 0 Å². The van der Waals surface area contributed by atoms with Crippen molar-refractivity contribution in [3.63, 3.8) is 0 Å². The summed E-state index contributed by atoms with van der Waals surface area (Å²) in [6.45, 7) is 2.02. The summed E-state index contributed by atoms with van der Waals surface area (Å²) in [6.07, 6.45) is 14.7. The Morgan fingerprint density at radius 3 is 2.40 bits per heavy atom. The standard InChI is InChI=1S/C15H18/c1-2-3-4-5-6-7-9-12-15-13-10-8-11-14-15/h2-8,10-11,13-14H,9,12H2,1H3/b3-2+,5-4+,7-6-. The molecule has 1 aromatic rings. The molecule has 0 amide bonds. The molecule has 0 heterocycles. The highest BCUT2D eigenvalue weighted by atomic mass is 13.9. The van der Waals surface area contributed by atoms with Crippen LogP contribution in [0.2, 0.25) is 0 Å². The van der Waals surface area contributed by atoms with Crippen molar-refractivity contribution in [1.29, 1.82) is 0 Å². The molecule has 1 aromatic carbocycles. The molecule has 0 nitrogen and oxygen atoms in total. The van der Waals surface area contributed by atoms with Crippen LogP contribution in [-0.4, -0.2) is 0 Å². The van der Waals surface area contributed by atoms with Crippen LogP contribution in [0.15, 0.2) is 66.8 Å². The van der Waals surface area contributed by atoms with Gasteiger partial charge in [0.1, 0.15) is 0 Å². The van der Waals surface area contributed by atoms with Crippen LogP contribution in [0.25, 0.3) is 0 Å². The summed E-state index contributed by atoms with van der Waals surface area (Å²) in [5.41, 5.74) is 1.40. The minimum absolute atomic E-state index is 1.10. The van der Waals surface area contributed by atoms with E-state index in [1.54, 1.807) is 0 Å². The molecule has 0 N–H and O–H groups in total. The highest BCUT2D eigenvalue weighted by molar-refractivity contribution is 5.16. The summed E-state index contributed by atoms with van der Waals surface area (Å²) in [7, 11) is 0. The summed E-state index contributed by atoms with van der Waals surface area (Å²) >= 11 is 0. The lowest BCUT2D eigenvalue weighted by molar-refractivity contribution is 1.00. The first kappa shape index (κ1) is 11.5. The van der Waals surface area contributed by atoms with E-state index in [0.717, 1.165) is 12.8 Å². The molecular formula is C15H18. The van der Waals surface area contributed by atoms with Crippen molar-refractivity contribution in [3.8, 4) is 0 Å². The molecule has 0 spiro atoms. The fourth-order valence-electron chi connectivity index (χ4n) is 1.31. The van der Waals surface area contributed by atoms with Crippen LogP contribution < -0.4 is 0 Å². The van der Waals surface area contributed by atoms with Gasteiger partial charge in [-0.25, -0.2) is 0 Å². The van der Waals surface area contributed by atoms with E-state index in [9.17, 15) is 0 Å². The Kier molecular flexibility index (Phi) is 5.99. The highest BCUT2D eigenvalue weighted by Gasteiger charge is 1.86. The molecule has 0 aliphatic rings. The SMILES string of the molecule is C/C=C/C=C/C=C\CCc1ccccc1. The molecule has 0 saturated heterocycles. The molecule has 0 aromatic heterocycles. The van der Waals surface area contributed by atoms with E-state index >= 15 is 0 Å². The second kappa shape index (κ2) is 7.81. The Labute approximate surface area is 92.6 Å². The minimum atomic E-state index is 1.10. The number of benzene rings is 1. The van der Waals surface area contributed by atoms with Crippen molar-refractivity contribution in [2.24, 2.45) is 0 Å².